The van der Waals surface area contributed by atoms with Gasteiger partial charge in [0, 0.05) is 19.2 Å². The van der Waals surface area contributed by atoms with E-state index in [0.717, 1.165) is 12.8 Å². The van der Waals surface area contributed by atoms with Gasteiger partial charge < -0.3 is 15.8 Å². The summed E-state index contributed by atoms with van der Waals surface area (Å²) in [6.07, 6.45) is 1.76. The maximum absolute atomic E-state index is 11.6. The molecule has 4 nitrogen and oxygen atoms in total. The minimum absolute atomic E-state index is 0.0218. The van der Waals surface area contributed by atoms with Crippen LogP contribution in [0.4, 0.5) is 0 Å². The van der Waals surface area contributed by atoms with Gasteiger partial charge in [0.05, 0.1) is 0 Å². The van der Waals surface area contributed by atoms with Crippen molar-refractivity contribution in [2.75, 3.05) is 13.2 Å². The summed E-state index contributed by atoms with van der Waals surface area (Å²) in [6.45, 7) is 4.86. The van der Waals surface area contributed by atoms with Gasteiger partial charge in [-0.05, 0) is 26.7 Å². The Morgan fingerprint density at radius 1 is 1.77 bits per heavy atom. The number of nitrogens with two attached hydrogens (primary N) is 1. The third kappa shape index (κ3) is 2.42. The van der Waals surface area contributed by atoms with E-state index in [2.05, 4.69) is 5.32 Å². The predicted molar refractivity (Wildman–Crippen MR) is 50.3 cm³/mol. The van der Waals surface area contributed by atoms with Crippen molar-refractivity contribution in [1.82, 2.24) is 5.32 Å². The van der Waals surface area contributed by atoms with Crippen LogP contribution in [0.5, 0.6) is 0 Å². The predicted octanol–water partition coefficient (Wildman–Crippen LogP) is 0.0189. The summed E-state index contributed by atoms with van der Waals surface area (Å²) >= 11 is 0. The van der Waals surface area contributed by atoms with Crippen LogP contribution in [0.15, 0.2) is 0 Å². The summed E-state index contributed by atoms with van der Waals surface area (Å²) < 4.78 is 5.39. The van der Waals surface area contributed by atoms with E-state index < -0.39 is 5.60 Å². The minimum atomic E-state index is -0.622. The third-order valence-corrected chi connectivity index (χ3v) is 2.43. The van der Waals surface area contributed by atoms with E-state index in [-0.39, 0.29) is 11.9 Å². The third-order valence-electron chi connectivity index (χ3n) is 2.43. The molecule has 0 spiro atoms. The normalized spacial score (nSPS) is 30.1. The fourth-order valence-electron chi connectivity index (χ4n) is 1.39. The van der Waals surface area contributed by atoms with Crippen molar-refractivity contribution < 1.29 is 9.53 Å². The lowest BCUT2D eigenvalue weighted by Gasteiger charge is -2.24. The number of carbonyl (C=O) groups excluding carboxylic acids is 1. The van der Waals surface area contributed by atoms with Crippen molar-refractivity contribution >= 4 is 5.91 Å². The molecular weight excluding hydrogens is 168 g/mol. The van der Waals surface area contributed by atoms with Crippen LogP contribution in [-0.2, 0) is 9.53 Å². The van der Waals surface area contributed by atoms with Gasteiger partial charge in [-0.15, -0.1) is 0 Å². The fraction of sp³-hybridized carbons (Fsp3) is 0.889. The lowest BCUT2D eigenvalue weighted by atomic mass is 10.0. The Morgan fingerprint density at radius 3 is 2.92 bits per heavy atom. The summed E-state index contributed by atoms with van der Waals surface area (Å²) in [5.41, 5.74) is 4.79. The highest BCUT2D eigenvalue weighted by Gasteiger charge is 2.37. The maximum atomic E-state index is 11.6. The summed E-state index contributed by atoms with van der Waals surface area (Å²) in [6, 6.07) is 0.0218. The van der Waals surface area contributed by atoms with E-state index in [0.29, 0.717) is 13.2 Å². The number of carbonyl (C=O) groups is 1. The molecule has 1 rings (SSSR count). The van der Waals surface area contributed by atoms with Crippen LogP contribution in [0.3, 0.4) is 0 Å². The van der Waals surface area contributed by atoms with Crippen LogP contribution in [-0.4, -0.2) is 30.7 Å². The lowest BCUT2D eigenvalue weighted by Crippen LogP contribution is -2.49. The van der Waals surface area contributed by atoms with Gasteiger partial charge in [0.2, 0.25) is 0 Å². The van der Waals surface area contributed by atoms with Crippen molar-refractivity contribution in [2.45, 2.75) is 38.3 Å². The number of hydrogen-bond acceptors (Lipinski definition) is 3. The molecule has 3 N–H and O–H groups in total. The number of amides is 1. The molecule has 4 heteroatoms. The highest BCUT2D eigenvalue weighted by molar-refractivity contribution is 5.85. The van der Waals surface area contributed by atoms with Crippen molar-refractivity contribution in [3.05, 3.63) is 0 Å². The number of hydrogen-bond donors (Lipinski definition) is 2. The van der Waals surface area contributed by atoms with Crippen molar-refractivity contribution in [3.8, 4) is 0 Å². The zero-order valence-corrected chi connectivity index (χ0v) is 8.30. The molecule has 76 valence electrons. The minimum Gasteiger partial charge on any atom is -0.365 e. The highest BCUT2D eigenvalue weighted by Crippen LogP contribution is 2.24. The van der Waals surface area contributed by atoms with Gasteiger partial charge in [-0.1, -0.05) is 0 Å². The first-order chi connectivity index (χ1) is 6.08. The zero-order valence-electron chi connectivity index (χ0n) is 8.30. The summed E-state index contributed by atoms with van der Waals surface area (Å²) in [4.78, 5) is 11.6. The zero-order chi connectivity index (χ0) is 9.90. The van der Waals surface area contributed by atoms with E-state index in [1.54, 1.807) is 0 Å². The summed E-state index contributed by atoms with van der Waals surface area (Å²) in [5.74, 6) is -0.0389. The van der Waals surface area contributed by atoms with Gasteiger partial charge in [-0.3, -0.25) is 4.79 Å². The first kappa shape index (κ1) is 10.5. The molecule has 1 heterocycles. The van der Waals surface area contributed by atoms with Crippen LogP contribution in [0.25, 0.3) is 0 Å². The summed E-state index contributed by atoms with van der Waals surface area (Å²) in [7, 11) is 0. The Balaban J connectivity index is 2.46. The first-order valence-electron chi connectivity index (χ1n) is 4.73. The fourth-order valence-corrected chi connectivity index (χ4v) is 1.39. The largest absolute Gasteiger partial charge is 0.365 e. The van der Waals surface area contributed by atoms with Gasteiger partial charge in [0.25, 0.3) is 5.91 Å². The molecule has 1 aliphatic heterocycles. The van der Waals surface area contributed by atoms with Gasteiger partial charge in [0.15, 0.2) is 0 Å². The van der Waals surface area contributed by atoms with E-state index in [1.807, 2.05) is 13.8 Å². The SMILES string of the molecule is CC(CN)NC(=O)C1(C)CCCO1. The molecule has 1 saturated heterocycles. The van der Waals surface area contributed by atoms with E-state index in [4.69, 9.17) is 10.5 Å². The standard InChI is InChI=1S/C9H18N2O2/c1-7(6-10)11-8(12)9(2)4-3-5-13-9/h7H,3-6,10H2,1-2H3,(H,11,12). The van der Waals surface area contributed by atoms with Crippen molar-refractivity contribution in [2.24, 2.45) is 5.73 Å². The molecule has 0 saturated carbocycles. The Labute approximate surface area is 78.8 Å². The Morgan fingerprint density at radius 2 is 2.46 bits per heavy atom. The molecule has 13 heavy (non-hydrogen) atoms. The van der Waals surface area contributed by atoms with Crippen LogP contribution >= 0.6 is 0 Å². The Bertz CT molecular complexity index is 188. The number of nitrogens with one attached hydrogen (secondary N) is 1. The monoisotopic (exact) mass is 186 g/mol. The van der Waals surface area contributed by atoms with Crippen LogP contribution in [0, 0.1) is 0 Å². The molecule has 1 fully saturated rings. The summed E-state index contributed by atoms with van der Waals surface area (Å²) in [5, 5.41) is 2.82. The maximum Gasteiger partial charge on any atom is 0.252 e. The molecule has 2 atom stereocenters. The van der Waals surface area contributed by atoms with Gasteiger partial charge in [0.1, 0.15) is 5.60 Å². The molecule has 0 aromatic rings. The Kier molecular flexibility index (Phi) is 3.27. The van der Waals surface area contributed by atoms with Crippen LogP contribution in [0.1, 0.15) is 26.7 Å². The molecule has 2 unspecified atom stereocenters. The average molecular weight is 186 g/mol. The van der Waals surface area contributed by atoms with Crippen LogP contribution in [0.2, 0.25) is 0 Å². The molecule has 1 aliphatic rings. The van der Waals surface area contributed by atoms with Gasteiger partial charge in [-0.2, -0.15) is 0 Å². The molecule has 0 bridgehead atoms. The molecule has 0 aromatic heterocycles. The second-order valence-corrected chi connectivity index (χ2v) is 3.79. The van der Waals surface area contributed by atoms with E-state index in [1.165, 1.54) is 0 Å². The quantitative estimate of drug-likeness (QED) is 0.653. The molecule has 0 radical (unpaired) electrons. The average Bonchev–Trinajstić information content (AvgIpc) is 2.53. The van der Waals surface area contributed by atoms with E-state index in [9.17, 15) is 4.79 Å². The smallest absolute Gasteiger partial charge is 0.252 e. The van der Waals surface area contributed by atoms with Gasteiger partial charge >= 0.3 is 0 Å². The number of rotatable bonds is 3. The lowest BCUT2D eigenvalue weighted by molar-refractivity contribution is -0.140. The van der Waals surface area contributed by atoms with Crippen molar-refractivity contribution in [1.29, 1.82) is 0 Å². The molecule has 1 amide bonds. The topological polar surface area (TPSA) is 64.3 Å². The van der Waals surface area contributed by atoms with Crippen LogP contribution < -0.4 is 11.1 Å². The van der Waals surface area contributed by atoms with Crippen molar-refractivity contribution in [3.63, 3.8) is 0 Å². The molecule has 0 aromatic carbocycles. The van der Waals surface area contributed by atoms with E-state index >= 15 is 0 Å². The second-order valence-electron chi connectivity index (χ2n) is 3.79. The van der Waals surface area contributed by atoms with Gasteiger partial charge in [-0.25, -0.2) is 0 Å². The Hall–Kier alpha value is -0.610. The molecular formula is C9H18N2O2. The first-order valence-corrected chi connectivity index (χ1v) is 4.73. The highest BCUT2D eigenvalue weighted by atomic mass is 16.5. The number of ether oxygens (including phenoxy) is 1. The second kappa shape index (κ2) is 4.07. The molecule has 0 aliphatic carbocycles.